The zero-order chi connectivity index (χ0) is 39.3. The van der Waals surface area contributed by atoms with Crippen LogP contribution < -0.4 is 9.80 Å². The largest absolute Gasteiger partial charge is 0.455 e. The minimum Gasteiger partial charge on any atom is -0.455 e. The molecule has 5 rings (SSSR count). The second-order valence-corrected chi connectivity index (χ2v) is 15.1. The summed E-state index contributed by atoms with van der Waals surface area (Å²) in [5, 5.41) is 10.7. The number of likely N-dealkylation sites (tertiary alicyclic amines) is 1. The van der Waals surface area contributed by atoms with E-state index in [0.717, 1.165) is 18.8 Å². The normalized spacial score (nSPS) is 24.4. The molecule has 3 saturated heterocycles. The lowest BCUT2D eigenvalue weighted by atomic mass is 9.70. The number of benzene rings is 2. The van der Waals surface area contributed by atoms with Crippen LogP contribution in [0, 0.1) is 17.8 Å². The molecule has 11 heteroatoms. The van der Waals surface area contributed by atoms with Crippen molar-refractivity contribution in [2.24, 2.45) is 17.8 Å². The van der Waals surface area contributed by atoms with Gasteiger partial charge < -0.3 is 34.2 Å². The number of rotatable bonds is 18. The van der Waals surface area contributed by atoms with Crippen molar-refractivity contribution < 1.29 is 33.8 Å². The van der Waals surface area contributed by atoms with Crippen LogP contribution in [0.25, 0.3) is 0 Å². The van der Waals surface area contributed by atoms with E-state index in [-0.39, 0.29) is 37.3 Å². The van der Waals surface area contributed by atoms with Gasteiger partial charge in [0.2, 0.25) is 11.8 Å². The fourth-order valence-corrected chi connectivity index (χ4v) is 8.77. The molecule has 2 aromatic rings. The molecule has 3 aliphatic heterocycles. The number of hydrogen-bond donors (Lipinski definition) is 1. The second kappa shape index (κ2) is 17.3. The Labute approximate surface area is 320 Å². The minimum absolute atomic E-state index is 0.111. The molecule has 2 bridgehead atoms. The van der Waals surface area contributed by atoms with Gasteiger partial charge in [0.1, 0.15) is 17.7 Å². The Bertz CT molecular complexity index is 1660. The van der Waals surface area contributed by atoms with Gasteiger partial charge in [-0.15, -0.1) is 13.2 Å². The van der Waals surface area contributed by atoms with Crippen LogP contribution in [-0.4, -0.2) is 102 Å². The molecule has 54 heavy (non-hydrogen) atoms. The van der Waals surface area contributed by atoms with Crippen LogP contribution in [0.5, 0.6) is 0 Å². The maximum atomic E-state index is 15.1. The number of fused-ring (bicyclic) bond motifs is 1. The van der Waals surface area contributed by atoms with E-state index in [4.69, 9.17) is 9.47 Å². The van der Waals surface area contributed by atoms with Gasteiger partial charge in [-0.25, -0.2) is 0 Å². The van der Waals surface area contributed by atoms with Gasteiger partial charge in [0.05, 0.1) is 36.6 Å². The highest BCUT2D eigenvalue weighted by Gasteiger charge is 2.76. The van der Waals surface area contributed by atoms with E-state index < -0.39 is 59.6 Å². The highest BCUT2D eigenvalue weighted by molar-refractivity contribution is 6.05. The van der Waals surface area contributed by atoms with Crippen LogP contribution in [0.4, 0.5) is 11.4 Å². The van der Waals surface area contributed by atoms with Crippen molar-refractivity contribution in [2.45, 2.75) is 96.2 Å². The molecule has 8 atom stereocenters. The Hall–Kier alpha value is -4.48. The van der Waals surface area contributed by atoms with E-state index in [0.29, 0.717) is 30.5 Å². The summed E-state index contributed by atoms with van der Waals surface area (Å²) in [6.07, 6.45) is 3.50. The quantitative estimate of drug-likeness (QED) is 0.156. The monoisotopic (exact) mass is 742 g/mol. The summed E-state index contributed by atoms with van der Waals surface area (Å²) in [6.45, 7) is 19.0. The molecule has 0 aliphatic carbocycles. The summed E-state index contributed by atoms with van der Waals surface area (Å²) in [5.74, 6) is -3.67. The summed E-state index contributed by atoms with van der Waals surface area (Å²) in [6, 6.07) is 14.7. The first-order valence-electron chi connectivity index (χ1n) is 19.4. The third-order valence-electron chi connectivity index (χ3n) is 11.8. The molecule has 292 valence electrons. The third-order valence-corrected chi connectivity index (χ3v) is 11.8. The predicted octanol–water partition coefficient (Wildman–Crippen LogP) is 5.54. The zero-order valence-electron chi connectivity index (χ0n) is 32.7. The molecule has 3 fully saturated rings. The van der Waals surface area contributed by atoms with E-state index >= 15 is 4.79 Å². The molecule has 11 nitrogen and oxygen atoms in total. The molecule has 0 aromatic heterocycles. The summed E-state index contributed by atoms with van der Waals surface area (Å²) < 4.78 is 13.1. The second-order valence-electron chi connectivity index (χ2n) is 15.1. The lowest BCUT2D eigenvalue weighted by molar-refractivity contribution is -0.165. The number of anilines is 2. The molecule has 1 spiro atoms. The topological polar surface area (TPSA) is 120 Å². The highest BCUT2D eigenvalue weighted by atomic mass is 16.6. The molecule has 0 radical (unpaired) electrons. The van der Waals surface area contributed by atoms with Gasteiger partial charge in [-0.2, -0.15) is 0 Å². The fraction of sp³-hybridized carbons (Fsp3) is 0.535. The number of carbonyl (C=O) groups excluding carboxylic acids is 4. The summed E-state index contributed by atoms with van der Waals surface area (Å²) in [4.78, 5) is 64.5. The number of aliphatic hydroxyl groups is 1. The molecular formula is C43H58N4O7. The number of nitrogens with zero attached hydrogens (tertiary/aromatic N) is 4. The van der Waals surface area contributed by atoms with Crippen molar-refractivity contribution in [3.05, 3.63) is 85.5 Å². The molecule has 0 saturated carbocycles. The molecule has 3 amide bonds. The first kappa shape index (κ1) is 40.7. The van der Waals surface area contributed by atoms with Gasteiger partial charge in [-0.3, -0.25) is 19.2 Å². The molecule has 2 aromatic carbocycles. The van der Waals surface area contributed by atoms with Gasteiger partial charge in [0, 0.05) is 44.5 Å². The maximum absolute atomic E-state index is 15.1. The highest BCUT2D eigenvalue weighted by Crippen LogP contribution is 2.59. The van der Waals surface area contributed by atoms with Gasteiger partial charge in [-0.1, -0.05) is 56.3 Å². The van der Waals surface area contributed by atoms with E-state index in [1.807, 2.05) is 75.4 Å². The number of amides is 3. The number of ether oxygens (including phenoxy) is 2. The number of allylic oxidation sites excluding steroid dienone is 1. The average molecular weight is 743 g/mol. The standard InChI is InChI=1S/C43H58N4O7/c1-9-13-19-35(49)44(8)29(7)38(30-17-15-14-16-18-30)53-42(52)36-34-24-25-43(54-34)37(36)40(50)47(33(27-48)28(5)6)39(43)41(51)46(26-10-2)32-22-20-31(21-23-32)45(11-3)12-4/h9-10,14-18,20-23,28-29,33-34,36-39,48H,1-2,11-13,19,24-27H2,3-8H3/t29-,33-,34-,36+,37+,38+,39-,43+/m0/s1. The third kappa shape index (κ3) is 7.45. The Kier molecular flexibility index (Phi) is 13.1. The fourth-order valence-electron chi connectivity index (χ4n) is 8.77. The number of esters is 1. The number of aliphatic hydroxyl groups excluding tert-OH is 1. The van der Waals surface area contributed by atoms with E-state index in [2.05, 4.69) is 31.9 Å². The van der Waals surface area contributed by atoms with E-state index in [1.165, 1.54) is 4.90 Å². The average Bonchev–Trinajstić information content (AvgIpc) is 3.83. The van der Waals surface area contributed by atoms with Gasteiger partial charge in [-0.05, 0) is 75.8 Å². The summed E-state index contributed by atoms with van der Waals surface area (Å²) >= 11 is 0. The van der Waals surface area contributed by atoms with Crippen LogP contribution in [0.1, 0.15) is 72.0 Å². The molecular weight excluding hydrogens is 684 g/mol. The number of hydrogen-bond acceptors (Lipinski definition) is 8. The molecule has 1 N–H and O–H groups in total. The van der Waals surface area contributed by atoms with Crippen molar-refractivity contribution in [1.29, 1.82) is 0 Å². The first-order valence-corrected chi connectivity index (χ1v) is 19.4. The number of carbonyl (C=O) groups is 4. The van der Waals surface area contributed by atoms with Crippen molar-refractivity contribution in [2.75, 3.05) is 43.1 Å². The van der Waals surface area contributed by atoms with Gasteiger partial charge >= 0.3 is 5.97 Å². The van der Waals surface area contributed by atoms with E-state index in [1.54, 1.807) is 29.0 Å². The van der Waals surface area contributed by atoms with Crippen LogP contribution >= 0.6 is 0 Å². The van der Waals surface area contributed by atoms with Crippen LogP contribution in [-0.2, 0) is 28.7 Å². The van der Waals surface area contributed by atoms with E-state index in [9.17, 15) is 19.5 Å². The van der Waals surface area contributed by atoms with Gasteiger partial charge in [0.15, 0.2) is 0 Å². The zero-order valence-corrected chi connectivity index (χ0v) is 32.7. The van der Waals surface area contributed by atoms with Crippen molar-refractivity contribution in [3.63, 3.8) is 0 Å². The SMILES string of the molecule is C=CCCC(=O)N(C)[C@@H](C)[C@@H](OC(=O)[C@@H]1[C@@H]2CC[C@]3(O2)[C@H](C(=O)N(CC=C)c2ccc(N(CC)CC)cc2)N([C@@H](CO)C(C)C)C(=O)[C@@H]13)c1ccccc1. The maximum Gasteiger partial charge on any atom is 0.313 e. The van der Waals surface area contributed by atoms with Crippen LogP contribution in [0.15, 0.2) is 79.9 Å². The first-order chi connectivity index (χ1) is 25.9. The van der Waals surface area contributed by atoms with Crippen LogP contribution in [0.2, 0.25) is 0 Å². The Balaban J connectivity index is 1.52. The minimum atomic E-state index is -1.31. The lowest BCUT2D eigenvalue weighted by Crippen LogP contribution is -2.59. The van der Waals surface area contributed by atoms with Crippen LogP contribution in [0.3, 0.4) is 0 Å². The molecule has 3 aliphatic rings. The number of likely N-dealkylation sites (N-methyl/N-ethyl adjacent to an activating group) is 1. The predicted molar refractivity (Wildman–Crippen MR) is 210 cm³/mol. The summed E-state index contributed by atoms with van der Waals surface area (Å²) in [5.41, 5.74) is 1.07. The smallest absolute Gasteiger partial charge is 0.313 e. The lowest BCUT2D eigenvalue weighted by Gasteiger charge is -2.40. The Morgan fingerprint density at radius 1 is 1.02 bits per heavy atom. The van der Waals surface area contributed by atoms with Gasteiger partial charge in [0.25, 0.3) is 5.91 Å². The Morgan fingerprint density at radius 2 is 1.67 bits per heavy atom. The van der Waals surface area contributed by atoms with Crippen molar-refractivity contribution in [3.8, 4) is 0 Å². The Morgan fingerprint density at radius 3 is 2.24 bits per heavy atom. The summed E-state index contributed by atoms with van der Waals surface area (Å²) in [7, 11) is 1.69. The molecule has 0 unspecified atom stereocenters. The van der Waals surface area contributed by atoms with Crippen molar-refractivity contribution in [1.82, 2.24) is 9.80 Å². The molecule has 3 heterocycles. The van der Waals surface area contributed by atoms with Crippen molar-refractivity contribution >= 4 is 35.1 Å².